The van der Waals surface area contributed by atoms with Gasteiger partial charge in [-0.3, -0.25) is 4.99 Å². The molecule has 1 saturated heterocycles. The van der Waals surface area contributed by atoms with Crippen molar-refractivity contribution in [3.63, 3.8) is 0 Å². The summed E-state index contributed by atoms with van der Waals surface area (Å²) in [5.74, 6) is -1.31. The van der Waals surface area contributed by atoms with Crippen molar-refractivity contribution in [3.8, 4) is 0 Å². The third-order valence-electron chi connectivity index (χ3n) is 4.93. The second-order valence-electron chi connectivity index (χ2n) is 7.25. The predicted molar refractivity (Wildman–Crippen MR) is 98.1 cm³/mol. The van der Waals surface area contributed by atoms with Crippen LogP contribution in [0.5, 0.6) is 0 Å². The maximum atomic E-state index is 11.2. The van der Waals surface area contributed by atoms with E-state index in [9.17, 15) is 35.4 Å². The van der Waals surface area contributed by atoms with E-state index < -0.39 is 68.1 Å². The summed E-state index contributed by atoms with van der Waals surface area (Å²) in [5.41, 5.74) is 4.30. The Morgan fingerprint density at radius 1 is 1.30 bits per heavy atom. The smallest absolute Gasteiger partial charge is 0.330 e. The van der Waals surface area contributed by atoms with Gasteiger partial charge in [0.1, 0.15) is 24.4 Å². The average Bonchev–Trinajstić information content (AvgIpc) is 2.68. The number of allylic oxidation sites excluding steroid dienone is 1. The Labute approximate surface area is 171 Å². The Balaban J connectivity index is 2.22. The largest absolute Gasteiger partial charge is 0.493 e. The summed E-state index contributed by atoms with van der Waals surface area (Å²) < 4.78 is 15.7. The van der Waals surface area contributed by atoms with Gasteiger partial charge in [0.15, 0.2) is 18.1 Å². The number of nitrogens with two attached hydrogens (primary N) is 1. The third kappa shape index (κ3) is 5.25. The lowest BCUT2D eigenvalue weighted by molar-refractivity contribution is -0.298. The van der Waals surface area contributed by atoms with Crippen LogP contribution in [0.25, 0.3) is 0 Å². The summed E-state index contributed by atoms with van der Waals surface area (Å²) in [6, 6.07) is -1.50. The summed E-state index contributed by atoms with van der Waals surface area (Å²) in [7, 11) is 1.29. The lowest BCUT2D eigenvalue weighted by atomic mass is 9.85. The number of hydrogen-bond donors (Lipinski definition) is 8. The number of aliphatic hydroxyl groups is 6. The number of carboxylic acids is 1. The van der Waals surface area contributed by atoms with Crippen molar-refractivity contribution in [2.75, 3.05) is 26.9 Å². The van der Waals surface area contributed by atoms with Gasteiger partial charge in [-0.1, -0.05) is 0 Å². The second kappa shape index (κ2) is 9.98. The Morgan fingerprint density at radius 3 is 2.50 bits per heavy atom. The summed E-state index contributed by atoms with van der Waals surface area (Å²) in [6.45, 7) is -1.89. The summed E-state index contributed by atoms with van der Waals surface area (Å²) in [5, 5.41) is 68.1. The van der Waals surface area contributed by atoms with Crippen LogP contribution in [0.3, 0.4) is 0 Å². The van der Waals surface area contributed by atoms with Gasteiger partial charge in [0.2, 0.25) is 0 Å². The highest BCUT2D eigenvalue weighted by molar-refractivity contribution is 6.01. The zero-order valence-electron chi connectivity index (χ0n) is 16.3. The number of carbonyl (C=O) groups is 1. The number of carboxylic acid groups (broad SMARTS) is 1. The Kier molecular flexibility index (Phi) is 8.13. The van der Waals surface area contributed by atoms with E-state index >= 15 is 0 Å². The second-order valence-corrected chi connectivity index (χ2v) is 7.25. The minimum absolute atomic E-state index is 0.00316. The molecule has 0 aromatic carbocycles. The van der Waals surface area contributed by atoms with E-state index in [1.807, 2.05) is 0 Å². The maximum Gasteiger partial charge on any atom is 0.330 e. The van der Waals surface area contributed by atoms with Crippen molar-refractivity contribution in [3.05, 3.63) is 11.5 Å². The van der Waals surface area contributed by atoms with E-state index in [4.69, 9.17) is 25.1 Å². The van der Waals surface area contributed by atoms with Gasteiger partial charge < -0.3 is 55.7 Å². The molecule has 0 radical (unpaired) electrons. The number of nitrogens with zero attached hydrogens (tertiary/aromatic N) is 1. The van der Waals surface area contributed by atoms with Gasteiger partial charge in [-0.05, 0) is 0 Å². The van der Waals surface area contributed by atoms with Crippen molar-refractivity contribution < 1.29 is 54.8 Å². The molecule has 0 spiro atoms. The van der Waals surface area contributed by atoms with Crippen molar-refractivity contribution >= 4 is 11.7 Å². The summed E-state index contributed by atoms with van der Waals surface area (Å²) >= 11 is 0. The molecule has 0 amide bonds. The highest BCUT2D eigenvalue weighted by atomic mass is 16.7. The monoisotopic (exact) mass is 436 g/mol. The number of aliphatic hydroxyl groups excluding tert-OH is 5. The zero-order valence-corrected chi connectivity index (χ0v) is 16.3. The molecule has 172 valence electrons. The van der Waals surface area contributed by atoms with E-state index in [0.29, 0.717) is 0 Å². The first kappa shape index (κ1) is 24.4. The molecule has 0 aromatic rings. The molecule has 1 aliphatic heterocycles. The topological polar surface area (TPSA) is 225 Å². The number of ether oxygens (including phenoxy) is 3. The van der Waals surface area contributed by atoms with Crippen LogP contribution in [0.4, 0.5) is 0 Å². The average molecular weight is 436 g/mol. The van der Waals surface area contributed by atoms with Crippen LogP contribution < -0.4 is 5.73 Å². The number of aliphatic imine (C=N–C) groups is 1. The molecular formula is C17H28N2O11. The molecule has 13 nitrogen and oxygen atoms in total. The fourth-order valence-corrected chi connectivity index (χ4v) is 3.42. The fourth-order valence-electron chi connectivity index (χ4n) is 3.42. The van der Waals surface area contributed by atoms with Gasteiger partial charge in [0.25, 0.3) is 0 Å². The van der Waals surface area contributed by atoms with Crippen LogP contribution in [-0.2, 0) is 19.0 Å². The molecule has 1 aliphatic carbocycles. The van der Waals surface area contributed by atoms with E-state index in [-0.39, 0.29) is 30.0 Å². The maximum absolute atomic E-state index is 11.2. The van der Waals surface area contributed by atoms with E-state index in [2.05, 4.69) is 4.99 Å². The lowest BCUT2D eigenvalue weighted by Gasteiger charge is -2.42. The molecule has 0 bridgehead atoms. The van der Waals surface area contributed by atoms with Crippen LogP contribution in [0.15, 0.2) is 16.4 Å². The Bertz CT molecular complexity index is 683. The number of methoxy groups -OCH3 is 1. The Morgan fingerprint density at radius 2 is 1.97 bits per heavy atom. The van der Waals surface area contributed by atoms with Crippen molar-refractivity contribution in [2.45, 2.75) is 55.2 Å². The molecule has 0 saturated carbocycles. The first-order chi connectivity index (χ1) is 14.1. The molecule has 0 aromatic heterocycles. The number of aliphatic carboxylic acids is 1. The molecule has 30 heavy (non-hydrogen) atoms. The SMILES string of the molecule is COC1=C(N)CC(O)(COC2C(CO)OC(O)C(O)C2O)CC1=NC(CO)C(=O)O. The first-order valence-electron chi connectivity index (χ1n) is 9.14. The highest BCUT2D eigenvalue weighted by Gasteiger charge is 2.46. The number of hydrogen-bond acceptors (Lipinski definition) is 12. The molecule has 9 N–H and O–H groups in total. The summed E-state index contributed by atoms with van der Waals surface area (Å²) in [4.78, 5) is 15.1. The standard InChI is InChI=1S/C17H28N2O11/c1-28-13-7(18)2-17(27,3-8(13)19-9(4-20)15(24)25)6-29-14-10(5-21)30-16(26)12(23)11(14)22/h9-12,14,16,20-23,26-27H,2-6,18H2,1H3,(H,24,25). The van der Waals surface area contributed by atoms with Gasteiger partial charge in [-0.2, -0.15) is 0 Å². The van der Waals surface area contributed by atoms with Gasteiger partial charge in [0.05, 0.1) is 43.9 Å². The van der Waals surface area contributed by atoms with E-state index in [1.165, 1.54) is 7.11 Å². The van der Waals surface area contributed by atoms with Crippen LogP contribution in [0.1, 0.15) is 12.8 Å². The fraction of sp³-hybridized carbons (Fsp3) is 0.765. The predicted octanol–water partition coefficient (Wildman–Crippen LogP) is -3.97. The molecule has 1 heterocycles. The minimum Gasteiger partial charge on any atom is -0.493 e. The lowest BCUT2D eigenvalue weighted by Crippen LogP contribution is -2.60. The first-order valence-corrected chi connectivity index (χ1v) is 9.14. The van der Waals surface area contributed by atoms with E-state index in [1.54, 1.807) is 0 Å². The molecule has 1 fully saturated rings. The third-order valence-corrected chi connectivity index (χ3v) is 4.93. The van der Waals surface area contributed by atoms with Crippen molar-refractivity contribution in [1.82, 2.24) is 0 Å². The normalized spacial score (nSPS) is 37.3. The molecule has 13 heteroatoms. The Hall–Kier alpha value is -1.84. The van der Waals surface area contributed by atoms with Crippen molar-refractivity contribution in [1.29, 1.82) is 0 Å². The van der Waals surface area contributed by atoms with Crippen LogP contribution in [0.2, 0.25) is 0 Å². The van der Waals surface area contributed by atoms with Crippen LogP contribution in [0, 0.1) is 0 Å². The van der Waals surface area contributed by atoms with Gasteiger partial charge in [0, 0.05) is 12.8 Å². The molecular weight excluding hydrogens is 408 g/mol. The van der Waals surface area contributed by atoms with Crippen LogP contribution in [-0.4, -0.2) is 117 Å². The van der Waals surface area contributed by atoms with Gasteiger partial charge in [-0.25, -0.2) is 4.79 Å². The summed E-state index contributed by atoms with van der Waals surface area (Å²) in [6.07, 6.45) is -7.88. The van der Waals surface area contributed by atoms with Gasteiger partial charge >= 0.3 is 5.97 Å². The minimum atomic E-state index is -1.72. The number of rotatable bonds is 8. The van der Waals surface area contributed by atoms with Crippen LogP contribution >= 0.6 is 0 Å². The quantitative estimate of drug-likeness (QED) is 0.182. The molecule has 7 unspecified atom stereocenters. The van der Waals surface area contributed by atoms with Crippen molar-refractivity contribution in [2.24, 2.45) is 10.7 Å². The zero-order chi connectivity index (χ0) is 22.6. The molecule has 7 atom stereocenters. The highest BCUT2D eigenvalue weighted by Crippen LogP contribution is 2.32. The molecule has 2 rings (SSSR count). The molecule has 2 aliphatic rings. The van der Waals surface area contributed by atoms with Gasteiger partial charge in [-0.15, -0.1) is 0 Å². The van der Waals surface area contributed by atoms with E-state index in [0.717, 1.165) is 0 Å².